The molecule has 42 heavy (non-hydrogen) atoms. The molecule has 0 bridgehead atoms. The van der Waals surface area contributed by atoms with Crippen LogP contribution in [0.2, 0.25) is 5.02 Å². The number of piperidine rings is 2. The van der Waals surface area contributed by atoms with E-state index in [1.807, 2.05) is 25.1 Å². The Kier molecular flexibility index (Phi) is 12.1. The highest BCUT2D eigenvalue weighted by molar-refractivity contribution is 6.30. The second-order valence-electron chi connectivity index (χ2n) is 11.3. The highest BCUT2D eigenvalue weighted by Gasteiger charge is 2.41. The second-order valence-corrected chi connectivity index (χ2v) is 11.7. The van der Waals surface area contributed by atoms with Gasteiger partial charge in [-0.15, -0.1) is 0 Å². The van der Waals surface area contributed by atoms with Crippen LogP contribution in [-0.2, 0) is 20.8 Å². The molecule has 2 aromatic rings. The lowest BCUT2D eigenvalue weighted by molar-refractivity contribution is -0.152. The van der Waals surface area contributed by atoms with Crippen LogP contribution >= 0.6 is 11.6 Å². The summed E-state index contributed by atoms with van der Waals surface area (Å²) in [5.74, 6) is -2.26. The molecule has 0 unspecified atom stereocenters. The van der Waals surface area contributed by atoms with Crippen molar-refractivity contribution in [3.05, 3.63) is 64.4 Å². The lowest BCUT2D eigenvalue weighted by Gasteiger charge is -2.43. The minimum Gasteiger partial charge on any atom is -0.490 e. The first-order valence-electron chi connectivity index (χ1n) is 14.2. The van der Waals surface area contributed by atoms with Crippen LogP contribution in [0.15, 0.2) is 42.5 Å². The van der Waals surface area contributed by atoms with Gasteiger partial charge in [0.2, 0.25) is 0 Å². The molecule has 0 saturated carbocycles. The largest absolute Gasteiger partial charge is 0.490 e. The van der Waals surface area contributed by atoms with Gasteiger partial charge in [-0.2, -0.15) is 0 Å². The maximum absolute atomic E-state index is 13.3. The highest BCUT2D eigenvalue weighted by atomic mass is 35.5. The van der Waals surface area contributed by atoms with Gasteiger partial charge in [0.1, 0.15) is 29.6 Å². The number of hydrogen-bond donors (Lipinski definition) is 3. The Labute approximate surface area is 250 Å². The van der Waals surface area contributed by atoms with Crippen LogP contribution in [0.5, 0.6) is 5.75 Å². The highest BCUT2D eigenvalue weighted by Crippen LogP contribution is 2.30. The third kappa shape index (κ3) is 9.96. The monoisotopic (exact) mass is 606 g/mol. The van der Waals surface area contributed by atoms with Gasteiger partial charge < -0.3 is 25.0 Å². The van der Waals surface area contributed by atoms with E-state index in [1.165, 1.54) is 12.1 Å². The first kappa shape index (κ1) is 33.3. The summed E-state index contributed by atoms with van der Waals surface area (Å²) in [6.45, 7) is 8.46. The van der Waals surface area contributed by atoms with Crippen molar-refractivity contribution in [1.82, 2.24) is 9.80 Å². The first-order chi connectivity index (χ1) is 19.9. The summed E-state index contributed by atoms with van der Waals surface area (Å²) in [6, 6.07) is 11.9. The zero-order valence-corrected chi connectivity index (χ0v) is 24.9. The SMILES string of the molecule is Cc1cc(Cl)ccc1OC1CCN(CC2CCN([C@@](C)(Cc3ccc(F)cc3)C(=O)O)CC2)CC1.O=C(O)CC(=O)O. The molecule has 2 fully saturated rings. The van der Waals surface area contributed by atoms with Gasteiger partial charge in [-0.1, -0.05) is 23.7 Å². The molecule has 230 valence electrons. The number of nitrogens with zero attached hydrogens (tertiary/aromatic N) is 2. The Balaban J connectivity index is 0.000000616. The molecule has 11 heteroatoms. The van der Waals surface area contributed by atoms with E-state index >= 15 is 0 Å². The molecule has 3 N–H and O–H groups in total. The van der Waals surface area contributed by atoms with Crippen molar-refractivity contribution in [2.45, 2.75) is 64.0 Å². The van der Waals surface area contributed by atoms with Crippen molar-refractivity contribution in [3.8, 4) is 5.75 Å². The quantitative estimate of drug-likeness (QED) is 0.321. The fourth-order valence-electron chi connectivity index (χ4n) is 5.56. The molecule has 0 spiro atoms. The van der Waals surface area contributed by atoms with Crippen LogP contribution in [0.1, 0.15) is 50.2 Å². The molecule has 0 amide bonds. The maximum atomic E-state index is 13.3. The number of hydrogen-bond acceptors (Lipinski definition) is 6. The molecule has 0 aromatic heterocycles. The molecule has 2 saturated heterocycles. The number of halogens is 2. The van der Waals surface area contributed by atoms with Crippen LogP contribution in [-0.4, -0.2) is 87.4 Å². The summed E-state index contributed by atoms with van der Waals surface area (Å²) in [4.78, 5) is 35.7. The summed E-state index contributed by atoms with van der Waals surface area (Å²) < 4.78 is 19.5. The lowest BCUT2D eigenvalue weighted by atomic mass is 9.86. The van der Waals surface area contributed by atoms with Crippen LogP contribution in [0.25, 0.3) is 0 Å². The number of rotatable bonds is 10. The first-order valence-corrected chi connectivity index (χ1v) is 14.5. The van der Waals surface area contributed by atoms with E-state index in [-0.39, 0.29) is 11.9 Å². The number of ether oxygens (including phenoxy) is 1. The summed E-state index contributed by atoms with van der Waals surface area (Å²) >= 11 is 6.06. The van der Waals surface area contributed by atoms with Crippen molar-refractivity contribution in [2.24, 2.45) is 5.92 Å². The molecule has 0 radical (unpaired) electrons. The molecule has 1 atom stereocenters. The van der Waals surface area contributed by atoms with Crippen molar-refractivity contribution >= 4 is 29.5 Å². The Morgan fingerprint density at radius 3 is 2.05 bits per heavy atom. The summed E-state index contributed by atoms with van der Waals surface area (Å²) in [5, 5.41) is 26.2. The molecular weight excluding hydrogens is 567 g/mol. The van der Waals surface area contributed by atoms with E-state index in [4.69, 9.17) is 26.6 Å². The molecule has 2 heterocycles. The minimum absolute atomic E-state index is 0.232. The predicted molar refractivity (Wildman–Crippen MR) is 157 cm³/mol. The van der Waals surface area contributed by atoms with Gasteiger partial charge in [0, 0.05) is 31.1 Å². The zero-order valence-electron chi connectivity index (χ0n) is 24.1. The average Bonchev–Trinajstić information content (AvgIpc) is 2.92. The third-order valence-electron chi connectivity index (χ3n) is 8.02. The van der Waals surface area contributed by atoms with Crippen LogP contribution in [0, 0.1) is 18.7 Å². The van der Waals surface area contributed by atoms with Gasteiger partial charge >= 0.3 is 17.9 Å². The number of aryl methyl sites for hydroxylation is 1. The molecule has 0 aliphatic carbocycles. The molecule has 4 rings (SSSR count). The number of carboxylic acids is 3. The van der Waals surface area contributed by atoms with E-state index < -0.39 is 29.9 Å². The summed E-state index contributed by atoms with van der Waals surface area (Å²) in [5.41, 5.74) is 0.926. The van der Waals surface area contributed by atoms with Crippen LogP contribution < -0.4 is 4.74 Å². The summed E-state index contributed by atoms with van der Waals surface area (Å²) in [6.07, 6.45) is 3.80. The van der Waals surface area contributed by atoms with Crippen molar-refractivity contribution in [2.75, 3.05) is 32.7 Å². The molecule has 2 aliphatic rings. The smallest absolute Gasteiger partial charge is 0.324 e. The van der Waals surface area contributed by atoms with E-state index in [2.05, 4.69) is 9.80 Å². The Morgan fingerprint density at radius 2 is 1.55 bits per heavy atom. The van der Waals surface area contributed by atoms with E-state index in [0.717, 1.165) is 80.3 Å². The number of carbonyl (C=O) groups is 3. The van der Waals surface area contributed by atoms with Gasteiger partial charge in [0.15, 0.2) is 0 Å². The number of aliphatic carboxylic acids is 3. The van der Waals surface area contributed by atoms with Gasteiger partial charge in [0.05, 0.1) is 0 Å². The Hall–Kier alpha value is -3.21. The van der Waals surface area contributed by atoms with Gasteiger partial charge in [-0.05, 0) is 100.0 Å². The second kappa shape index (κ2) is 15.3. The van der Waals surface area contributed by atoms with Crippen LogP contribution in [0.3, 0.4) is 0 Å². The van der Waals surface area contributed by atoms with E-state index in [0.29, 0.717) is 12.3 Å². The standard InChI is InChI=1S/C28H36ClFN2O3.C3H4O4/c1-20-17-23(29)5-8-26(20)35-25-11-13-31(14-12-25)19-22-9-15-32(16-10-22)28(2,27(33)34)18-21-3-6-24(30)7-4-21;4-2(5)1-3(6)7/h3-8,17,22,25H,9-16,18-19H2,1-2H3,(H,33,34);1H2,(H,4,5)(H,6,7)/t28-;/m0./s1. The molecule has 9 nitrogen and oxygen atoms in total. The minimum atomic E-state index is -1.31. The van der Waals surface area contributed by atoms with Crippen molar-refractivity contribution < 1.29 is 38.8 Å². The Morgan fingerprint density at radius 1 is 0.952 bits per heavy atom. The molecular formula is C31H40ClFN2O7. The Bertz CT molecular complexity index is 1200. The van der Waals surface area contributed by atoms with Crippen LogP contribution in [0.4, 0.5) is 4.39 Å². The topological polar surface area (TPSA) is 128 Å². The fraction of sp³-hybridized carbons (Fsp3) is 0.516. The van der Waals surface area contributed by atoms with E-state index in [1.54, 1.807) is 19.1 Å². The van der Waals surface area contributed by atoms with Crippen molar-refractivity contribution in [3.63, 3.8) is 0 Å². The molecule has 2 aromatic carbocycles. The summed E-state index contributed by atoms with van der Waals surface area (Å²) in [7, 11) is 0. The molecule has 2 aliphatic heterocycles. The average molecular weight is 607 g/mol. The van der Waals surface area contributed by atoms with Gasteiger partial charge in [-0.25, -0.2) is 4.39 Å². The van der Waals surface area contributed by atoms with Gasteiger partial charge in [0.25, 0.3) is 0 Å². The zero-order chi connectivity index (χ0) is 30.9. The predicted octanol–water partition coefficient (Wildman–Crippen LogP) is 4.97. The fourth-order valence-corrected chi connectivity index (χ4v) is 5.79. The normalized spacial score (nSPS) is 18.4. The number of likely N-dealkylation sites (tertiary alicyclic amines) is 2. The third-order valence-corrected chi connectivity index (χ3v) is 8.25. The number of carboxylic acid groups (broad SMARTS) is 3. The van der Waals surface area contributed by atoms with E-state index in [9.17, 15) is 23.9 Å². The van der Waals surface area contributed by atoms with Gasteiger partial charge in [-0.3, -0.25) is 19.3 Å². The lowest BCUT2D eigenvalue weighted by Crippen LogP contribution is -2.57. The number of benzene rings is 2. The van der Waals surface area contributed by atoms with Crippen molar-refractivity contribution in [1.29, 1.82) is 0 Å². The maximum Gasteiger partial charge on any atom is 0.324 e.